The van der Waals surface area contributed by atoms with Gasteiger partial charge in [0.1, 0.15) is 5.75 Å². The number of benzene rings is 1. The third-order valence-electron chi connectivity index (χ3n) is 6.20. The zero-order valence-electron chi connectivity index (χ0n) is 17.1. The molecule has 0 unspecified atom stereocenters. The molecule has 1 N–H and O–H groups in total. The molecule has 1 aromatic rings. The third kappa shape index (κ3) is 4.35. The third-order valence-corrected chi connectivity index (χ3v) is 8.25. The van der Waals surface area contributed by atoms with Gasteiger partial charge in [0.15, 0.2) is 0 Å². The van der Waals surface area contributed by atoms with Crippen molar-refractivity contribution in [2.45, 2.75) is 57.8 Å². The van der Waals surface area contributed by atoms with E-state index in [1.807, 2.05) is 20.8 Å². The van der Waals surface area contributed by atoms with Crippen LogP contribution in [0.2, 0.25) is 0 Å². The van der Waals surface area contributed by atoms with Crippen molar-refractivity contribution in [1.82, 2.24) is 4.31 Å². The number of rotatable bonds is 9. The maximum Gasteiger partial charge on any atom is 0.243 e. The first-order valence-electron chi connectivity index (χ1n) is 10.5. The molecule has 0 aromatic heterocycles. The normalized spacial score (nSPS) is 23.9. The number of sulfonamides is 1. The van der Waals surface area contributed by atoms with Crippen molar-refractivity contribution in [3.05, 3.63) is 18.2 Å². The Morgan fingerprint density at radius 3 is 2.50 bits per heavy atom. The fourth-order valence-corrected chi connectivity index (χ4v) is 6.31. The molecule has 2 aliphatic carbocycles. The fraction of sp³-hybridized carbons (Fsp3) is 0.667. The molecule has 0 aliphatic heterocycles. The first kappa shape index (κ1) is 21.1. The Morgan fingerprint density at radius 2 is 1.93 bits per heavy atom. The minimum Gasteiger partial charge on any atom is -0.492 e. The number of amides is 1. The van der Waals surface area contributed by atoms with Gasteiger partial charge in [-0.05, 0) is 62.1 Å². The predicted octanol–water partition coefficient (Wildman–Crippen LogP) is 3.88. The highest BCUT2D eigenvalue weighted by Crippen LogP contribution is 2.49. The van der Waals surface area contributed by atoms with E-state index in [0.29, 0.717) is 49.4 Å². The van der Waals surface area contributed by atoms with Gasteiger partial charge in [0.05, 0.1) is 17.2 Å². The summed E-state index contributed by atoms with van der Waals surface area (Å²) in [5.41, 5.74) is 0.434. The summed E-state index contributed by atoms with van der Waals surface area (Å²) in [5.74, 6) is 2.37. The highest BCUT2D eigenvalue weighted by molar-refractivity contribution is 7.89. The van der Waals surface area contributed by atoms with Crippen LogP contribution in [0.4, 0.5) is 5.69 Å². The van der Waals surface area contributed by atoms with Gasteiger partial charge in [0.25, 0.3) is 0 Å². The van der Waals surface area contributed by atoms with Gasteiger partial charge in [0.2, 0.25) is 15.9 Å². The Bertz CT molecular complexity index is 805. The number of carbonyl (C=O) groups is 1. The van der Waals surface area contributed by atoms with Gasteiger partial charge in [-0.1, -0.05) is 20.3 Å². The number of nitrogens with one attached hydrogen (secondary N) is 1. The van der Waals surface area contributed by atoms with Crippen molar-refractivity contribution in [1.29, 1.82) is 0 Å². The van der Waals surface area contributed by atoms with Crippen LogP contribution < -0.4 is 10.1 Å². The van der Waals surface area contributed by atoms with Crippen LogP contribution >= 0.6 is 0 Å². The number of ether oxygens (including phenoxy) is 1. The summed E-state index contributed by atoms with van der Waals surface area (Å²) in [6, 6.07) is 4.70. The molecule has 0 spiro atoms. The minimum absolute atomic E-state index is 0.0594. The van der Waals surface area contributed by atoms with E-state index in [2.05, 4.69) is 5.32 Å². The highest BCUT2D eigenvalue weighted by atomic mass is 32.2. The zero-order valence-corrected chi connectivity index (χ0v) is 17.9. The second-order valence-electron chi connectivity index (χ2n) is 7.87. The lowest BCUT2D eigenvalue weighted by Crippen LogP contribution is -2.30. The van der Waals surface area contributed by atoms with Crippen LogP contribution in [0.25, 0.3) is 0 Å². The monoisotopic (exact) mass is 408 g/mol. The van der Waals surface area contributed by atoms with Crippen molar-refractivity contribution < 1.29 is 17.9 Å². The summed E-state index contributed by atoms with van der Waals surface area (Å²) >= 11 is 0. The molecule has 2 aliphatic rings. The van der Waals surface area contributed by atoms with Crippen LogP contribution in [0, 0.1) is 17.8 Å². The smallest absolute Gasteiger partial charge is 0.243 e. The Hall–Kier alpha value is -1.60. The van der Waals surface area contributed by atoms with Gasteiger partial charge in [-0.2, -0.15) is 4.31 Å². The maximum absolute atomic E-state index is 12.8. The lowest BCUT2D eigenvalue weighted by atomic mass is 9.86. The van der Waals surface area contributed by atoms with Crippen LogP contribution in [0.5, 0.6) is 5.75 Å². The fourth-order valence-electron chi connectivity index (χ4n) is 4.83. The highest BCUT2D eigenvalue weighted by Gasteiger charge is 2.40. The molecule has 0 radical (unpaired) electrons. The van der Waals surface area contributed by atoms with Crippen molar-refractivity contribution in [2.24, 2.45) is 17.8 Å². The summed E-state index contributed by atoms with van der Waals surface area (Å²) in [7, 11) is -3.59. The summed E-state index contributed by atoms with van der Waals surface area (Å²) < 4.78 is 32.7. The van der Waals surface area contributed by atoms with E-state index in [1.165, 1.54) is 29.6 Å². The molecule has 7 heteroatoms. The molecule has 0 heterocycles. The summed E-state index contributed by atoms with van der Waals surface area (Å²) in [5, 5.41) is 2.92. The first-order valence-corrected chi connectivity index (χ1v) is 11.9. The van der Waals surface area contributed by atoms with Crippen molar-refractivity contribution in [3.8, 4) is 5.75 Å². The molecule has 28 heavy (non-hydrogen) atoms. The number of carbonyl (C=O) groups excluding carboxylic acids is 1. The Labute approximate surface area is 168 Å². The molecule has 2 fully saturated rings. The number of anilines is 1. The average molecular weight is 409 g/mol. The largest absolute Gasteiger partial charge is 0.492 e. The summed E-state index contributed by atoms with van der Waals surface area (Å²) in [6.45, 7) is 6.73. The molecular formula is C21H32N2O4S. The van der Waals surface area contributed by atoms with Gasteiger partial charge in [-0.15, -0.1) is 0 Å². The molecule has 0 saturated heterocycles. The lowest BCUT2D eigenvalue weighted by Gasteiger charge is -2.22. The average Bonchev–Trinajstić information content (AvgIpc) is 3.27. The van der Waals surface area contributed by atoms with Gasteiger partial charge in [-0.3, -0.25) is 4.79 Å². The molecule has 1 aromatic carbocycles. The maximum atomic E-state index is 12.8. The van der Waals surface area contributed by atoms with E-state index in [4.69, 9.17) is 4.74 Å². The standard InChI is InChI=1S/C21H32N2O4S/c1-4-23(5-2)28(25,26)18-9-10-20(27-6-3)19(14-18)22-21(24)13-17-12-15-7-8-16(17)11-15/h9-10,14-17H,4-8,11-13H2,1-3H3,(H,22,24)/t15-,16+,17-/m0/s1. The van der Waals surface area contributed by atoms with E-state index in [0.717, 1.165) is 12.3 Å². The van der Waals surface area contributed by atoms with E-state index in [-0.39, 0.29) is 10.8 Å². The molecule has 1 amide bonds. The molecule has 156 valence electrons. The second-order valence-corrected chi connectivity index (χ2v) is 9.81. The van der Waals surface area contributed by atoms with Gasteiger partial charge in [-0.25, -0.2) is 8.42 Å². The van der Waals surface area contributed by atoms with Crippen molar-refractivity contribution in [2.75, 3.05) is 25.0 Å². The van der Waals surface area contributed by atoms with Crippen LogP contribution in [0.1, 0.15) is 52.9 Å². The predicted molar refractivity (Wildman–Crippen MR) is 110 cm³/mol. The van der Waals surface area contributed by atoms with E-state index >= 15 is 0 Å². The van der Waals surface area contributed by atoms with E-state index in [9.17, 15) is 13.2 Å². The Kier molecular flexibility index (Phi) is 6.65. The number of nitrogens with zero attached hydrogens (tertiary/aromatic N) is 1. The summed E-state index contributed by atoms with van der Waals surface area (Å²) in [4.78, 5) is 12.9. The quantitative estimate of drug-likeness (QED) is 0.673. The number of hydrogen-bond acceptors (Lipinski definition) is 4. The van der Waals surface area contributed by atoms with E-state index < -0.39 is 10.0 Å². The first-order chi connectivity index (χ1) is 13.4. The molecule has 3 atom stereocenters. The van der Waals surface area contributed by atoms with Crippen molar-refractivity contribution in [3.63, 3.8) is 0 Å². The minimum atomic E-state index is -3.59. The summed E-state index contributed by atoms with van der Waals surface area (Å²) in [6.07, 6.45) is 5.46. The topological polar surface area (TPSA) is 75.7 Å². The van der Waals surface area contributed by atoms with Crippen LogP contribution in [-0.4, -0.2) is 38.3 Å². The van der Waals surface area contributed by atoms with Crippen LogP contribution in [0.3, 0.4) is 0 Å². The number of fused-ring (bicyclic) bond motifs is 2. The molecular weight excluding hydrogens is 376 g/mol. The van der Waals surface area contributed by atoms with Gasteiger partial charge in [0, 0.05) is 19.5 Å². The van der Waals surface area contributed by atoms with E-state index in [1.54, 1.807) is 12.1 Å². The van der Waals surface area contributed by atoms with Gasteiger partial charge >= 0.3 is 0 Å². The van der Waals surface area contributed by atoms with Gasteiger partial charge < -0.3 is 10.1 Å². The molecule has 3 rings (SSSR count). The zero-order chi connectivity index (χ0) is 20.3. The Balaban J connectivity index is 1.78. The second kappa shape index (κ2) is 8.82. The molecule has 2 saturated carbocycles. The van der Waals surface area contributed by atoms with Crippen LogP contribution in [-0.2, 0) is 14.8 Å². The lowest BCUT2D eigenvalue weighted by molar-refractivity contribution is -0.117. The number of hydrogen-bond donors (Lipinski definition) is 1. The molecule has 6 nitrogen and oxygen atoms in total. The SMILES string of the molecule is CCOc1ccc(S(=O)(=O)N(CC)CC)cc1NC(=O)C[C@@H]1C[C@H]2CC[C@@H]1C2. The molecule has 2 bridgehead atoms. The van der Waals surface area contributed by atoms with Crippen LogP contribution in [0.15, 0.2) is 23.1 Å². The Morgan fingerprint density at radius 1 is 1.18 bits per heavy atom. The van der Waals surface area contributed by atoms with Crippen molar-refractivity contribution >= 4 is 21.6 Å².